The van der Waals surface area contributed by atoms with Crippen molar-refractivity contribution in [2.24, 2.45) is 0 Å². The van der Waals surface area contributed by atoms with E-state index in [-0.39, 0.29) is 6.61 Å². The summed E-state index contributed by atoms with van der Waals surface area (Å²) in [7, 11) is 0. The molecule has 0 fully saturated rings. The van der Waals surface area contributed by atoms with Crippen LogP contribution in [0.5, 0.6) is 0 Å². The van der Waals surface area contributed by atoms with E-state index >= 15 is 0 Å². The van der Waals surface area contributed by atoms with Gasteiger partial charge in [0.05, 0.1) is 0 Å². The van der Waals surface area contributed by atoms with Crippen LogP contribution in [0.2, 0.25) is 0 Å². The van der Waals surface area contributed by atoms with Crippen LogP contribution in [-0.4, -0.2) is 5.09 Å². The molecule has 4 heteroatoms. The molecular weight excluding hydrogens is 170 g/mol. The van der Waals surface area contributed by atoms with Crippen molar-refractivity contribution in [1.82, 2.24) is 0 Å². The highest BCUT2D eigenvalue weighted by molar-refractivity contribution is 5.32. The Morgan fingerprint density at radius 3 is 2.38 bits per heavy atom. The fraction of sp³-hybridized carbons (Fsp3) is 0.333. The Morgan fingerprint density at radius 2 is 1.92 bits per heavy atom. The Hall–Kier alpha value is -1.58. The first-order chi connectivity index (χ1) is 6.11. The zero-order valence-corrected chi connectivity index (χ0v) is 7.61. The van der Waals surface area contributed by atoms with Gasteiger partial charge in [0, 0.05) is 0 Å². The van der Waals surface area contributed by atoms with Gasteiger partial charge in [-0.1, -0.05) is 18.2 Å². The fourth-order valence-electron chi connectivity index (χ4n) is 1.19. The molecule has 1 aromatic carbocycles. The first kappa shape index (κ1) is 9.51. The van der Waals surface area contributed by atoms with Gasteiger partial charge in [-0.3, -0.25) is 0 Å². The molecule has 0 aliphatic heterocycles. The van der Waals surface area contributed by atoms with Gasteiger partial charge in [-0.25, -0.2) is 0 Å². The van der Waals surface area contributed by atoms with Crippen LogP contribution in [0.4, 0.5) is 0 Å². The minimum Gasteiger partial charge on any atom is -0.309 e. The summed E-state index contributed by atoms with van der Waals surface area (Å²) in [5.41, 5.74) is 2.92. The zero-order valence-electron chi connectivity index (χ0n) is 7.61. The molecule has 0 spiro atoms. The van der Waals surface area contributed by atoms with Crippen molar-refractivity contribution in [1.29, 1.82) is 0 Å². The number of hydrogen-bond acceptors (Lipinski definition) is 3. The van der Waals surface area contributed by atoms with Crippen LogP contribution in [0.3, 0.4) is 0 Å². The molecule has 0 amide bonds. The molecule has 0 N–H and O–H groups in total. The molecule has 0 saturated heterocycles. The van der Waals surface area contributed by atoms with Crippen LogP contribution in [0.1, 0.15) is 16.7 Å². The molecule has 1 rings (SSSR count). The Bertz CT molecular complexity index is 302. The van der Waals surface area contributed by atoms with Crippen molar-refractivity contribution < 1.29 is 9.92 Å². The van der Waals surface area contributed by atoms with E-state index in [4.69, 9.17) is 0 Å². The first-order valence-corrected chi connectivity index (χ1v) is 3.93. The van der Waals surface area contributed by atoms with Crippen LogP contribution >= 0.6 is 0 Å². The third kappa shape index (κ3) is 2.43. The van der Waals surface area contributed by atoms with Crippen LogP contribution in [0.25, 0.3) is 0 Å². The Morgan fingerprint density at radius 1 is 1.38 bits per heavy atom. The molecule has 0 heterocycles. The molecule has 0 unspecified atom stereocenters. The molecule has 0 bridgehead atoms. The molecule has 0 saturated carbocycles. The molecule has 0 aromatic heterocycles. The number of rotatable bonds is 3. The van der Waals surface area contributed by atoms with Crippen molar-refractivity contribution in [3.8, 4) is 0 Å². The summed E-state index contributed by atoms with van der Waals surface area (Å²) in [5, 5.41) is 9.21. The number of nitrogens with zero attached hydrogens (tertiary/aromatic N) is 1. The van der Waals surface area contributed by atoms with E-state index in [2.05, 4.69) is 4.84 Å². The van der Waals surface area contributed by atoms with E-state index in [1.165, 1.54) is 0 Å². The highest BCUT2D eigenvalue weighted by Gasteiger charge is 2.03. The lowest BCUT2D eigenvalue weighted by atomic mass is 10.0. The monoisotopic (exact) mass is 181 g/mol. The summed E-state index contributed by atoms with van der Waals surface area (Å²) in [5.74, 6) is 0. The van der Waals surface area contributed by atoms with Gasteiger partial charge < -0.3 is 4.84 Å². The van der Waals surface area contributed by atoms with Gasteiger partial charge in [-0.15, -0.1) is 10.1 Å². The first-order valence-electron chi connectivity index (χ1n) is 3.93. The Balaban J connectivity index is 2.81. The molecule has 0 aliphatic carbocycles. The maximum Gasteiger partial charge on any atom is 0.294 e. The van der Waals surface area contributed by atoms with E-state index < -0.39 is 5.09 Å². The van der Waals surface area contributed by atoms with Gasteiger partial charge in [0.25, 0.3) is 5.09 Å². The molecule has 0 aliphatic rings. The molecule has 4 nitrogen and oxygen atoms in total. The smallest absolute Gasteiger partial charge is 0.294 e. The number of aryl methyl sites for hydroxylation is 2. The van der Waals surface area contributed by atoms with Crippen molar-refractivity contribution >= 4 is 0 Å². The summed E-state index contributed by atoms with van der Waals surface area (Å²) in [4.78, 5) is 14.3. The topological polar surface area (TPSA) is 52.4 Å². The third-order valence-electron chi connectivity index (χ3n) is 1.96. The minimum absolute atomic E-state index is 0.0332. The van der Waals surface area contributed by atoms with E-state index in [0.29, 0.717) is 0 Å². The van der Waals surface area contributed by atoms with Gasteiger partial charge in [-0.05, 0) is 30.5 Å². The average molecular weight is 181 g/mol. The van der Waals surface area contributed by atoms with Gasteiger partial charge in [-0.2, -0.15) is 0 Å². The lowest BCUT2D eigenvalue weighted by molar-refractivity contribution is -0.763. The maximum absolute atomic E-state index is 9.98. The van der Waals surface area contributed by atoms with Gasteiger partial charge in [0.2, 0.25) is 0 Å². The third-order valence-corrected chi connectivity index (χ3v) is 1.96. The van der Waals surface area contributed by atoms with Crippen molar-refractivity contribution in [3.05, 3.63) is 45.0 Å². The van der Waals surface area contributed by atoms with Gasteiger partial charge in [0.15, 0.2) is 0 Å². The highest BCUT2D eigenvalue weighted by Crippen LogP contribution is 2.13. The normalized spacial score (nSPS) is 9.69. The highest BCUT2D eigenvalue weighted by atomic mass is 16.9. The van der Waals surface area contributed by atoms with E-state index in [0.717, 1.165) is 16.7 Å². The number of hydrogen-bond donors (Lipinski definition) is 0. The predicted octanol–water partition coefficient (Wildman–Crippen LogP) is 2.01. The van der Waals surface area contributed by atoms with E-state index in [1.807, 2.05) is 32.0 Å². The van der Waals surface area contributed by atoms with Crippen LogP contribution in [0.15, 0.2) is 18.2 Å². The maximum atomic E-state index is 9.98. The van der Waals surface area contributed by atoms with Crippen LogP contribution in [0, 0.1) is 24.0 Å². The van der Waals surface area contributed by atoms with Crippen LogP contribution in [-0.2, 0) is 11.4 Å². The standard InChI is InChI=1S/C9H11NO3/c1-7-4-3-5-8(2)9(7)6-13-10(11)12/h3-5H,6H2,1-2H3. The molecule has 1 aromatic rings. The molecule has 70 valence electrons. The molecule has 0 radical (unpaired) electrons. The minimum atomic E-state index is -0.772. The van der Waals surface area contributed by atoms with Crippen molar-refractivity contribution in [2.45, 2.75) is 20.5 Å². The fourth-order valence-corrected chi connectivity index (χ4v) is 1.19. The second-order valence-electron chi connectivity index (χ2n) is 2.87. The van der Waals surface area contributed by atoms with E-state index in [9.17, 15) is 10.1 Å². The summed E-state index contributed by atoms with van der Waals surface area (Å²) in [6.07, 6.45) is 0. The summed E-state index contributed by atoms with van der Waals surface area (Å²) in [6.45, 7) is 3.85. The van der Waals surface area contributed by atoms with Gasteiger partial charge in [0.1, 0.15) is 6.61 Å². The van der Waals surface area contributed by atoms with Crippen molar-refractivity contribution in [2.75, 3.05) is 0 Å². The Labute approximate surface area is 76.2 Å². The average Bonchev–Trinajstić information content (AvgIpc) is 2.03. The summed E-state index contributed by atoms with van der Waals surface area (Å²) in [6, 6.07) is 5.73. The van der Waals surface area contributed by atoms with Crippen molar-refractivity contribution in [3.63, 3.8) is 0 Å². The second kappa shape index (κ2) is 3.89. The quantitative estimate of drug-likeness (QED) is 0.529. The SMILES string of the molecule is Cc1cccc(C)c1CO[N+](=O)[O-]. The van der Waals surface area contributed by atoms with Gasteiger partial charge >= 0.3 is 0 Å². The lowest BCUT2D eigenvalue weighted by Gasteiger charge is -2.07. The second-order valence-corrected chi connectivity index (χ2v) is 2.87. The molecule has 0 atom stereocenters. The largest absolute Gasteiger partial charge is 0.309 e. The van der Waals surface area contributed by atoms with Crippen LogP contribution < -0.4 is 0 Å². The molecule has 13 heavy (non-hydrogen) atoms. The zero-order chi connectivity index (χ0) is 9.84. The molecular formula is C9H11NO3. The Kier molecular flexibility index (Phi) is 2.84. The lowest BCUT2D eigenvalue weighted by Crippen LogP contribution is -2.03. The summed E-state index contributed by atoms with van der Waals surface area (Å²) >= 11 is 0. The van der Waals surface area contributed by atoms with E-state index in [1.54, 1.807) is 0 Å². The predicted molar refractivity (Wildman–Crippen MR) is 47.7 cm³/mol. The summed E-state index contributed by atoms with van der Waals surface area (Å²) < 4.78 is 0. The number of benzene rings is 1.